The molecule has 7 nitrogen and oxygen atoms in total. The van der Waals surface area contributed by atoms with Crippen LogP contribution in [0.3, 0.4) is 0 Å². The fourth-order valence-electron chi connectivity index (χ4n) is 2.38. The third kappa shape index (κ3) is 2.94. The second-order valence-corrected chi connectivity index (χ2v) is 5.14. The number of nitrogens with zero attached hydrogens (tertiary/aromatic N) is 2. The minimum absolute atomic E-state index is 0.121. The Labute approximate surface area is 131 Å². The van der Waals surface area contributed by atoms with E-state index in [4.69, 9.17) is 4.74 Å². The molecule has 0 bridgehead atoms. The maximum atomic E-state index is 12.4. The number of aryl methyl sites for hydroxylation is 1. The molecule has 1 amide bonds. The molecule has 0 saturated heterocycles. The molecule has 0 aliphatic rings. The normalized spacial score (nSPS) is 10.7. The molecule has 23 heavy (non-hydrogen) atoms. The summed E-state index contributed by atoms with van der Waals surface area (Å²) in [5, 5.41) is 3.20. The van der Waals surface area contributed by atoms with Crippen molar-refractivity contribution in [2.24, 2.45) is 0 Å². The molecule has 0 fully saturated rings. The van der Waals surface area contributed by atoms with Crippen LogP contribution < -0.4 is 15.6 Å². The first kappa shape index (κ1) is 14.8. The van der Waals surface area contributed by atoms with Gasteiger partial charge in [-0.3, -0.25) is 14.2 Å². The van der Waals surface area contributed by atoms with Crippen molar-refractivity contribution >= 4 is 22.6 Å². The van der Waals surface area contributed by atoms with Gasteiger partial charge < -0.3 is 15.0 Å². The van der Waals surface area contributed by atoms with Gasteiger partial charge >= 0.3 is 0 Å². The summed E-state index contributed by atoms with van der Waals surface area (Å²) in [7, 11) is 1.53. The van der Waals surface area contributed by atoms with Gasteiger partial charge in [-0.05, 0) is 25.1 Å². The monoisotopic (exact) mass is 312 g/mol. The van der Waals surface area contributed by atoms with E-state index in [-0.39, 0.29) is 18.0 Å². The maximum absolute atomic E-state index is 12.4. The number of carbonyl (C=O) groups excluding carboxylic acids is 1. The van der Waals surface area contributed by atoms with Crippen LogP contribution in [0.2, 0.25) is 0 Å². The third-order valence-electron chi connectivity index (χ3n) is 3.44. The Hall–Kier alpha value is -3.09. The Balaban J connectivity index is 1.83. The fourth-order valence-corrected chi connectivity index (χ4v) is 2.38. The molecule has 0 atom stereocenters. The van der Waals surface area contributed by atoms with Crippen molar-refractivity contribution in [2.45, 2.75) is 13.5 Å². The van der Waals surface area contributed by atoms with Crippen LogP contribution in [0.15, 0.2) is 41.5 Å². The number of aromatic amines is 1. The predicted octanol–water partition coefficient (Wildman–Crippen LogP) is 1.68. The van der Waals surface area contributed by atoms with Gasteiger partial charge in [-0.2, -0.15) is 0 Å². The zero-order valence-corrected chi connectivity index (χ0v) is 12.8. The van der Waals surface area contributed by atoms with E-state index in [2.05, 4.69) is 15.3 Å². The summed E-state index contributed by atoms with van der Waals surface area (Å²) in [6.07, 6.45) is 1.36. The van der Waals surface area contributed by atoms with E-state index in [0.717, 1.165) is 5.69 Å². The number of amides is 1. The van der Waals surface area contributed by atoms with Gasteiger partial charge in [-0.1, -0.05) is 12.1 Å². The number of fused-ring (bicyclic) bond motifs is 1. The zero-order valence-electron chi connectivity index (χ0n) is 12.8. The van der Waals surface area contributed by atoms with Crippen LogP contribution in [-0.4, -0.2) is 27.6 Å². The summed E-state index contributed by atoms with van der Waals surface area (Å²) >= 11 is 0. The van der Waals surface area contributed by atoms with Gasteiger partial charge in [0.25, 0.3) is 5.56 Å². The number of ether oxygens (including phenoxy) is 1. The number of para-hydroxylation sites is 2. The molecule has 118 valence electrons. The van der Waals surface area contributed by atoms with Crippen molar-refractivity contribution in [1.29, 1.82) is 0 Å². The van der Waals surface area contributed by atoms with E-state index in [9.17, 15) is 9.59 Å². The van der Waals surface area contributed by atoms with Crippen molar-refractivity contribution in [1.82, 2.24) is 14.5 Å². The van der Waals surface area contributed by atoms with E-state index in [0.29, 0.717) is 22.5 Å². The Bertz CT molecular complexity index is 926. The standard InChI is InChI=1S/C16H16N4O3/c1-10-7-11-15(18-10)17-9-20(16(11)22)8-14(21)19-12-5-3-4-6-13(12)23-2/h3-7,9,18H,8H2,1-2H3,(H,19,21). The van der Waals surface area contributed by atoms with Gasteiger partial charge in [-0.15, -0.1) is 0 Å². The number of rotatable bonds is 4. The second kappa shape index (κ2) is 5.96. The summed E-state index contributed by atoms with van der Waals surface area (Å²) in [4.78, 5) is 31.7. The van der Waals surface area contributed by atoms with Crippen molar-refractivity contribution in [3.63, 3.8) is 0 Å². The maximum Gasteiger partial charge on any atom is 0.263 e. The van der Waals surface area contributed by atoms with Crippen LogP contribution in [0.4, 0.5) is 5.69 Å². The number of methoxy groups -OCH3 is 1. The number of hydrogen-bond donors (Lipinski definition) is 2. The molecule has 3 aromatic rings. The molecule has 2 aromatic heterocycles. The number of aromatic nitrogens is 3. The van der Waals surface area contributed by atoms with Gasteiger partial charge in [0.2, 0.25) is 5.91 Å². The minimum atomic E-state index is -0.329. The number of benzene rings is 1. The summed E-state index contributed by atoms with van der Waals surface area (Å²) in [5.74, 6) is 0.230. The number of hydrogen-bond acceptors (Lipinski definition) is 4. The molecule has 0 radical (unpaired) electrons. The number of H-pyrrole nitrogens is 1. The van der Waals surface area contributed by atoms with E-state index >= 15 is 0 Å². The van der Waals surface area contributed by atoms with Gasteiger partial charge in [0.15, 0.2) is 0 Å². The average molecular weight is 312 g/mol. The van der Waals surface area contributed by atoms with Crippen molar-refractivity contribution in [2.75, 3.05) is 12.4 Å². The van der Waals surface area contributed by atoms with Crippen molar-refractivity contribution < 1.29 is 9.53 Å². The van der Waals surface area contributed by atoms with Crippen LogP contribution in [-0.2, 0) is 11.3 Å². The zero-order chi connectivity index (χ0) is 16.4. The van der Waals surface area contributed by atoms with Crippen LogP contribution in [0.25, 0.3) is 11.0 Å². The summed E-state index contributed by atoms with van der Waals surface area (Å²) in [6, 6.07) is 8.80. The Morgan fingerprint density at radius 3 is 2.96 bits per heavy atom. The highest BCUT2D eigenvalue weighted by Crippen LogP contribution is 2.22. The highest BCUT2D eigenvalue weighted by molar-refractivity contribution is 5.92. The van der Waals surface area contributed by atoms with Crippen LogP contribution in [0.1, 0.15) is 5.69 Å². The van der Waals surface area contributed by atoms with E-state index in [1.165, 1.54) is 18.0 Å². The van der Waals surface area contributed by atoms with Gasteiger partial charge in [0.05, 0.1) is 18.2 Å². The largest absolute Gasteiger partial charge is 0.495 e. The van der Waals surface area contributed by atoms with Crippen LogP contribution in [0, 0.1) is 6.92 Å². The first-order valence-electron chi connectivity index (χ1n) is 7.06. The van der Waals surface area contributed by atoms with Gasteiger partial charge in [0.1, 0.15) is 24.3 Å². The molecule has 0 aliphatic heterocycles. The molecule has 0 unspecified atom stereocenters. The molecule has 0 spiro atoms. The van der Waals surface area contributed by atoms with Crippen molar-refractivity contribution in [3.8, 4) is 5.75 Å². The quantitative estimate of drug-likeness (QED) is 0.767. The Morgan fingerprint density at radius 2 is 2.17 bits per heavy atom. The molecular formula is C16H16N4O3. The first-order chi connectivity index (χ1) is 11.1. The number of nitrogens with one attached hydrogen (secondary N) is 2. The molecule has 2 heterocycles. The molecule has 2 N–H and O–H groups in total. The van der Waals surface area contributed by atoms with Crippen LogP contribution in [0.5, 0.6) is 5.75 Å². The molecule has 0 aliphatic carbocycles. The lowest BCUT2D eigenvalue weighted by atomic mass is 10.3. The summed E-state index contributed by atoms with van der Waals surface area (Å²) < 4.78 is 6.46. The topological polar surface area (TPSA) is 89.0 Å². The third-order valence-corrected chi connectivity index (χ3v) is 3.44. The summed E-state index contributed by atoms with van der Waals surface area (Å²) in [5.41, 5.74) is 1.67. The fraction of sp³-hybridized carbons (Fsp3) is 0.188. The van der Waals surface area contributed by atoms with Crippen molar-refractivity contribution in [3.05, 3.63) is 52.7 Å². The van der Waals surface area contributed by atoms with Gasteiger partial charge in [0, 0.05) is 5.69 Å². The SMILES string of the molecule is COc1ccccc1NC(=O)Cn1cnc2[nH]c(C)cc2c1=O. The lowest BCUT2D eigenvalue weighted by Crippen LogP contribution is -2.27. The summed E-state index contributed by atoms with van der Waals surface area (Å²) in [6.45, 7) is 1.73. The van der Waals surface area contributed by atoms with E-state index in [1.54, 1.807) is 24.3 Å². The number of carbonyl (C=O) groups is 1. The van der Waals surface area contributed by atoms with Crippen LogP contribution >= 0.6 is 0 Å². The molecule has 3 rings (SSSR count). The molecule has 1 aromatic carbocycles. The average Bonchev–Trinajstić information content (AvgIpc) is 2.92. The highest BCUT2D eigenvalue weighted by Gasteiger charge is 2.11. The molecular weight excluding hydrogens is 296 g/mol. The van der Waals surface area contributed by atoms with E-state index < -0.39 is 0 Å². The predicted molar refractivity (Wildman–Crippen MR) is 86.7 cm³/mol. The smallest absolute Gasteiger partial charge is 0.263 e. The minimum Gasteiger partial charge on any atom is -0.495 e. The molecule has 7 heteroatoms. The number of anilines is 1. The second-order valence-electron chi connectivity index (χ2n) is 5.14. The highest BCUT2D eigenvalue weighted by atomic mass is 16.5. The lowest BCUT2D eigenvalue weighted by molar-refractivity contribution is -0.116. The Morgan fingerprint density at radius 1 is 1.39 bits per heavy atom. The lowest BCUT2D eigenvalue weighted by Gasteiger charge is -2.10. The molecule has 0 saturated carbocycles. The first-order valence-corrected chi connectivity index (χ1v) is 7.06. The van der Waals surface area contributed by atoms with E-state index in [1.807, 2.05) is 13.0 Å². The Kier molecular flexibility index (Phi) is 3.84. The van der Waals surface area contributed by atoms with Gasteiger partial charge in [-0.25, -0.2) is 4.98 Å².